The number of hydrogen-bond acceptors (Lipinski definition) is 2. The molecular formula is C14H23NO2. The highest BCUT2D eigenvalue weighted by atomic mass is 16.2. The van der Waals surface area contributed by atoms with Crippen molar-refractivity contribution in [2.45, 2.75) is 64.8 Å². The largest absolute Gasteiger partial charge is 0.272 e. The van der Waals surface area contributed by atoms with Gasteiger partial charge in [-0.15, -0.1) is 0 Å². The number of carbonyl (C=O) groups is 2. The molecule has 0 aliphatic carbocycles. The maximum Gasteiger partial charge on any atom is 0.253 e. The smallest absolute Gasteiger partial charge is 0.253 e. The molecule has 0 aromatic heterocycles. The van der Waals surface area contributed by atoms with Gasteiger partial charge in [0, 0.05) is 18.2 Å². The fourth-order valence-electron chi connectivity index (χ4n) is 2.31. The lowest BCUT2D eigenvalue weighted by atomic mass is 10.0. The number of imide groups is 1. The average molecular weight is 237 g/mol. The molecule has 0 N–H and O–H groups in total. The maximum atomic E-state index is 11.6. The van der Waals surface area contributed by atoms with Gasteiger partial charge in [0.2, 0.25) is 0 Å². The van der Waals surface area contributed by atoms with Crippen LogP contribution < -0.4 is 0 Å². The van der Waals surface area contributed by atoms with E-state index in [1.807, 2.05) is 0 Å². The molecule has 0 bridgehead atoms. The van der Waals surface area contributed by atoms with Gasteiger partial charge in [-0.1, -0.05) is 46.0 Å². The standard InChI is InChI=1S/C14H23NO2/c1-3-5-6-7-9-12(8-4-2)15-13(16)10-11-14(15)17/h10-12H,3-9H2,1-2H3. The summed E-state index contributed by atoms with van der Waals surface area (Å²) in [4.78, 5) is 24.7. The van der Waals surface area contributed by atoms with Gasteiger partial charge in [0.1, 0.15) is 0 Å². The Morgan fingerprint density at radius 2 is 1.59 bits per heavy atom. The van der Waals surface area contributed by atoms with Gasteiger partial charge < -0.3 is 0 Å². The zero-order chi connectivity index (χ0) is 12.7. The third kappa shape index (κ3) is 3.99. The number of unbranched alkanes of at least 4 members (excludes halogenated alkanes) is 3. The molecule has 0 fully saturated rings. The molecule has 1 aliphatic rings. The molecule has 1 heterocycles. The molecule has 1 aliphatic heterocycles. The first-order chi connectivity index (χ1) is 8.20. The van der Waals surface area contributed by atoms with E-state index in [1.54, 1.807) is 0 Å². The monoisotopic (exact) mass is 237 g/mol. The van der Waals surface area contributed by atoms with E-state index in [4.69, 9.17) is 0 Å². The Kier molecular flexibility index (Phi) is 5.95. The zero-order valence-electron chi connectivity index (χ0n) is 10.9. The van der Waals surface area contributed by atoms with Crippen LogP contribution in [0.1, 0.15) is 58.8 Å². The quantitative estimate of drug-likeness (QED) is 0.480. The van der Waals surface area contributed by atoms with Crippen LogP contribution in [-0.4, -0.2) is 22.8 Å². The minimum atomic E-state index is -0.135. The van der Waals surface area contributed by atoms with Crippen molar-refractivity contribution in [2.24, 2.45) is 0 Å². The number of rotatable bonds is 8. The third-order valence-electron chi connectivity index (χ3n) is 3.22. The Morgan fingerprint density at radius 3 is 2.12 bits per heavy atom. The summed E-state index contributed by atoms with van der Waals surface area (Å²) < 4.78 is 0. The van der Waals surface area contributed by atoms with Crippen molar-refractivity contribution in [3.63, 3.8) is 0 Å². The average Bonchev–Trinajstić information content (AvgIpc) is 2.63. The van der Waals surface area contributed by atoms with Gasteiger partial charge in [-0.05, 0) is 12.8 Å². The zero-order valence-corrected chi connectivity index (χ0v) is 10.9. The van der Waals surface area contributed by atoms with Gasteiger partial charge in [-0.3, -0.25) is 14.5 Å². The van der Waals surface area contributed by atoms with Gasteiger partial charge in [0.25, 0.3) is 11.8 Å². The van der Waals surface area contributed by atoms with E-state index in [0.29, 0.717) is 0 Å². The Hall–Kier alpha value is -1.12. The van der Waals surface area contributed by atoms with E-state index >= 15 is 0 Å². The number of carbonyl (C=O) groups excluding carboxylic acids is 2. The normalized spacial score (nSPS) is 16.9. The van der Waals surface area contributed by atoms with Crippen molar-refractivity contribution in [1.29, 1.82) is 0 Å². The van der Waals surface area contributed by atoms with Gasteiger partial charge in [-0.2, -0.15) is 0 Å². The first-order valence-electron chi connectivity index (χ1n) is 6.76. The molecule has 3 nitrogen and oxygen atoms in total. The highest BCUT2D eigenvalue weighted by Gasteiger charge is 2.29. The molecule has 1 atom stereocenters. The molecular weight excluding hydrogens is 214 g/mol. The molecule has 2 amide bonds. The SMILES string of the molecule is CCCCCCC(CCC)N1C(=O)C=CC1=O. The molecule has 0 radical (unpaired) electrons. The molecule has 0 aromatic carbocycles. The summed E-state index contributed by atoms with van der Waals surface area (Å²) in [6.07, 6.45) is 10.4. The summed E-state index contributed by atoms with van der Waals surface area (Å²) in [5.41, 5.74) is 0. The van der Waals surface area contributed by atoms with Crippen molar-refractivity contribution in [2.75, 3.05) is 0 Å². The highest BCUT2D eigenvalue weighted by Crippen LogP contribution is 2.19. The summed E-state index contributed by atoms with van der Waals surface area (Å²) in [6.45, 7) is 4.28. The van der Waals surface area contributed by atoms with Crippen molar-refractivity contribution in [1.82, 2.24) is 4.90 Å². The fourth-order valence-corrected chi connectivity index (χ4v) is 2.31. The van der Waals surface area contributed by atoms with Crippen molar-refractivity contribution >= 4 is 11.8 Å². The van der Waals surface area contributed by atoms with Crippen molar-refractivity contribution in [3.05, 3.63) is 12.2 Å². The van der Waals surface area contributed by atoms with E-state index in [-0.39, 0.29) is 17.9 Å². The molecule has 0 spiro atoms. The van der Waals surface area contributed by atoms with Crippen LogP contribution in [-0.2, 0) is 9.59 Å². The minimum absolute atomic E-state index is 0.104. The maximum absolute atomic E-state index is 11.6. The van der Waals surface area contributed by atoms with Gasteiger partial charge >= 0.3 is 0 Å². The van der Waals surface area contributed by atoms with E-state index in [9.17, 15) is 9.59 Å². The lowest BCUT2D eigenvalue weighted by Gasteiger charge is -2.25. The van der Waals surface area contributed by atoms with Crippen LogP contribution in [0.2, 0.25) is 0 Å². The van der Waals surface area contributed by atoms with Crippen LogP contribution >= 0.6 is 0 Å². The lowest BCUT2D eigenvalue weighted by molar-refractivity contribution is -0.139. The molecule has 0 aromatic rings. The van der Waals surface area contributed by atoms with Crippen LogP contribution in [0.25, 0.3) is 0 Å². The van der Waals surface area contributed by atoms with E-state index in [1.165, 1.54) is 36.3 Å². The molecule has 1 unspecified atom stereocenters. The molecule has 0 saturated carbocycles. The highest BCUT2D eigenvalue weighted by molar-refractivity contribution is 6.13. The number of amides is 2. The molecule has 96 valence electrons. The third-order valence-corrected chi connectivity index (χ3v) is 3.22. The molecule has 3 heteroatoms. The summed E-state index contributed by atoms with van der Waals surface area (Å²) in [5, 5.41) is 0. The van der Waals surface area contributed by atoms with Crippen LogP contribution in [0.3, 0.4) is 0 Å². The van der Waals surface area contributed by atoms with Crippen molar-refractivity contribution < 1.29 is 9.59 Å². The topological polar surface area (TPSA) is 37.4 Å². The first kappa shape index (κ1) is 13.9. The Balaban J connectivity index is 2.47. The van der Waals surface area contributed by atoms with E-state index < -0.39 is 0 Å². The van der Waals surface area contributed by atoms with Gasteiger partial charge in [0.05, 0.1) is 0 Å². The minimum Gasteiger partial charge on any atom is -0.272 e. The summed E-state index contributed by atoms with van der Waals surface area (Å²) in [7, 11) is 0. The van der Waals surface area contributed by atoms with Crippen LogP contribution in [0, 0.1) is 0 Å². The molecule has 0 saturated heterocycles. The van der Waals surface area contributed by atoms with Crippen LogP contribution in [0.5, 0.6) is 0 Å². The predicted octanol–water partition coefficient (Wildman–Crippen LogP) is 3.05. The van der Waals surface area contributed by atoms with E-state index in [0.717, 1.165) is 25.7 Å². The lowest BCUT2D eigenvalue weighted by Crippen LogP contribution is -2.39. The predicted molar refractivity (Wildman–Crippen MR) is 68.4 cm³/mol. The summed E-state index contributed by atoms with van der Waals surface area (Å²) in [5.74, 6) is -0.270. The van der Waals surface area contributed by atoms with Crippen LogP contribution in [0.15, 0.2) is 12.2 Å². The van der Waals surface area contributed by atoms with E-state index in [2.05, 4.69) is 13.8 Å². The molecule has 17 heavy (non-hydrogen) atoms. The van der Waals surface area contributed by atoms with Gasteiger partial charge in [0.15, 0.2) is 0 Å². The Morgan fingerprint density at radius 1 is 0.941 bits per heavy atom. The summed E-state index contributed by atoms with van der Waals surface area (Å²) >= 11 is 0. The van der Waals surface area contributed by atoms with Crippen molar-refractivity contribution in [3.8, 4) is 0 Å². The Labute approximate surface area is 104 Å². The second-order valence-corrected chi connectivity index (χ2v) is 4.67. The first-order valence-corrected chi connectivity index (χ1v) is 6.76. The second kappa shape index (κ2) is 7.25. The second-order valence-electron chi connectivity index (χ2n) is 4.67. The van der Waals surface area contributed by atoms with Gasteiger partial charge in [-0.25, -0.2) is 0 Å². The van der Waals surface area contributed by atoms with Crippen LogP contribution in [0.4, 0.5) is 0 Å². The Bertz CT molecular complexity index is 279. The number of nitrogens with zero attached hydrogens (tertiary/aromatic N) is 1. The molecule has 1 rings (SSSR count). The fraction of sp³-hybridized carbons (Fsp3) is 0.714. The summed E-state index contributed by atoms with van der Waals surface area (Å²) in [6, 6.07) is 0.104. The number of hydrogen-bond donors (Lipinski definition) is 0.